The Kier molecular flexibility index (Phi) is 12.8. The molecule has 0 aliphatic rings. The fourth-order valence-corrected chi connectivity index (χ4v) is 1.75. The molecular weight excluding hydrogens is 254 g/mol. The maximum atomic E-state index is 10.1. The Morgan fingerprint density at radius 3 is 2.00 bits per heavy atom. The van der Waals surface area contributed by atoms with Crippen molar-refractivity contribution in [2.45, 2.75) is 58.3 Å². The molecule has 4 nitrogen and oxygen atoms in total. The number of nitrogens with one attached hydrogen (secondary N) is 1. The molecule has 1 rings (SSSR count). The zero-order valence-corrected chi connectivity index (χ0v) is 12.3. The Balaban J connectivity index is 0.000000388. The van der Waals surface area contributed by atoms with E-state index in [4.69, 9.17) is 10.3 Å². The second kappa shape index (κ2) is 13.9. The van der Waals surface area contributed by atoms with E-state index in [0.717, 1.165) is 12.8 Å². The van der Waals surface area contributed by atoms with Crippen molar-refractivity contribution < 1.29 is 15.1 Å². The summed E-state index contributed by atoms with van der Waals surface area (Å²) in [5, 5.41) is 16.6. The van der Waals surface area contributed by atoms with Crippen LogP contribution in [0.15, 0.2) is 30.3 Å². The van der Waals surface area contributed by atoms with Crippen LogP contribution in [0.5, 0.6) is 0 Å². The lowest BCUT2D eigenvalue weighted by molar-refractivity contribution is -0.137. The third-order valence-corrected chi connectivity index (χ3v) is 2.90. The molecule has 0 heterocycles. The largest absolute Gasteiger partial charge is 0.481 e. The van der Waals surface area contributed by atoms with Crippen LogP contribution >= 0.6 is 0 Å². The van der Waals surface area contributed by atoms with Gasteiger partial charge in [-0.1, -0.05) is 63.6 Å². The molecule has 114 valence electrons. The Morgan fingerprint density at radius 2 is 1.55 bits per heavy atom. The first kappa shape index (κ1) is 18.4. The van der Waals surface area contributed by atoms with Crippen molar-refractivity contribution in [1.82, 2.24) is 0 Å². The summed E-state index contributed by atoms with van der Waals surface area (Å²) in [6.07, 6.45) is 8.64. The number of carbonyl (C=O) groups is 1. The first-order valence-corrected chi connectivity index (χ1v) is 7.37. The van der Waals surface area contributed by atoms with E-state index in [-0.39, 0.29) is 0 Å². The SMILES string of the molecule is CCCCCCCCCC(=O)O.ONc1ccccc1. The highest BCUT2D eigenvalue weighted by Gasteiger charge is 1.95. The number of hydrogen-bond donors (Lipinski definition) is 3. The molecule has 0 fully saturated rings. The van der Waals surface area contributed by atoms with Gasteiger partial charge in [-0.05, 0) is 18.6 Å². The molecule has 20 heavy (non-hydrogen) atoms. The molecule has 0 unspecified atom stereocenters. The Morgan fingerprint density at radius 1 is 1.00 bits per heavy atom. The number of unbranched alkanes of at least 4 members (excludes halogenated alkanes) is 6. The lowest BCUT2D eigenvalue weighted by atomic mass is 10.1. The second-order valence-electron chi connectivity index (χ2n) is 4.74. The van der Waals surface area contributed by atoms with Crippen LogP contribution in [0, 0.1) is 0 Å². The van der Waals surface area contributed by atoms with Crippen LogP contribution in [0.2, 0.25) is 0 Å². The standard InChI is InChI=1S/C10H20O2.C6H7NO/c1-2-3-4-5-6-7-8-9-10(11)12;8-7-6-4-2-1-3-5-6/h2-9H2,1H3,(H,11,12);1-5,7-8H. The predicted molar refractivity (Wildman–Crippen MR) is 82.1 cm³/mol. The van der Waals surface area contributed by atoms with Crippen LogP contribution in [0.4, 0.5) is 5.69 Å². The highest BCUT2D eigenvalue weighted by Crippen LogP contribution is 2.07. The van der Waals surface area contributed by atoms with Crippen LogP contribution in [0.3, 0.4) is 0 Å². The first-order valence-electron chi connectivity index (χ1n) is 7.37. The Bertz CT molecular complexity index is 328. The normalized spacial score (nSPS) is 9.50. The summed E-state index contributed by atoms with van der Waals surface area (Å²) in [5.41, 5.74) is 2.74. The number of para-hydroxylation sites is 1. The lowest BCUT2D eigenvalue weighted by Crippen LogP contribution is -1.93. The van der Waals surface area contributed by atoms with E-state index in [2.05, 4.69) is 6.92 Å². The van der Waals surface area contributed by atoms with Crippen molar-refractivity contribution in [2.75, 3.05) is 5.48 Å². The zero-order chi connectivity index (χ0) is 15.1. The molecule has 1 aromatic rings. The molecule has 1 aromatic carbocycles. The fraction of sp³-hybridized carbons (Fsp3) is 0.562. The molecular formula is C16H27NO3. The van der Waals surface area contributed by atoms with Gasteiger partial charge in [0.15, 0.2) is 0 Å². The number of carboxylic acids is 1. The van der Waals surface area contributed by atoms with Gasteiger partial charge in [0.1, 0.15) is 0 Å². The van der Waals surface area contributed by atoms with Crippen molar-refractivity contribution in [3.63, 3.8) is 0 Å². The molecule has 0 bridgehead atoms. The summed E-state index contributed by atoms with van der Waals surface area (Å²) in [7, 11) is 0. The quantitative estimate of drug-likeness (QED) is 0.453. The summed E-state index contributed by atoms with van der Waals surface area (Å²) in [6.45, 7) is 2.20. The third-order valence-electron chi connectivity index (χ3n) is 2.90. The predicted octanol–water partition coefficient (Wildman–Crippen LogP) is 4.70. The van der Waals surface area contributed by atoms with Gasteiger partial charge in [0.2, 0.25) is 0 Å². The minimum atomic E-state index is -0.663. The highest BCUT2D eigenvalue weighted by molar-refractivity contribution is 5.66. The van der Waals surface area contributed by atoms with Crippen LogP contribution in [0.25, 0.3) is 0 Å². The Hall–Kier alpha value is -1.55. The molecule has 4 heteroatoms. The minimum absolute atomic E-state index is 0.341. The summed E-state index contributed by atoms with van der Waals surface area (Å²) in [4.78, 5) is 10.1. The molecule has 0 atom stereocenters. The van der Waals surface area contributed by atoms with Gasteiger partial charge in [-0.15, -0.1) is 0 Å². The topological polar surface area (TPSA) is 69.6 Å². The van der Waals surface area contributed by atoms with Gasteiger partial charge in [-0.3, -0.25) is 15.5 Å². The smallest absolute Gasteiger partial charge is 0.303 e. The van der Waals surface area contributed by atoms with Crippen molar-refractivity contribution >= 4 is 11.7 Å². The van der Waals surface area contributed by atoms with Gasteiger partial charge in [0.05, 0.1) is 5.69 Å². The van der Waals surface area contributed by atoms with Gasteiger partial charge in [0, 0.05) is 6.42 Å². The second-order valence-corrected chi connectivity index (χ2v) is 4.74. The van der Waals surface area contributed by atoms with Gasteiger partial charge in [-0.25, -0.2) is 0 Å². The van der Waals surface area contributed by atoms with E-state index in [1.807, 2.05) is 23.7 Å². The van der Waals surface area contributed by atoms with Crippen molar-refractivity contribution in [3.8, 4) is 0 Å². The zero-order valence-electron chi connectivity index (χ0n) is 12.3. The first-order chi connectivity index (χ1) is 9.70. The molecule has 0 saturated carbocycles. The molecule has 0 aliphatic heterocycles. The molecule has 0 aliphatic carbocycles. The molecule has 0 radical (unpaired) electrons. The molecule has 3 N–H and O–H groups in total. The highest BCUT2D eigenvalue weighted by atomic mass is 16.5. The molecule has 0 amide bonds. The molecule has 0 saturated heterocycles. The van der Waals surface area contributed by atoms with Crippen LogP contribution in [-0.4, -0.2) is 16.3 Å². The fourth-order valence-electron chi connectivity index (χ4n) is 1.75. The number of rotatable bonds is 9. The average Bonchev–Trinajstić information content (AvgIpc) is 2.47. The van der Waals surface area contributed by atoms with Gasteiger partial charge in [0.25, 0.3) is 0 Å². The maximum absolute atomic E-state index is 10.1. The number of aliphatic carboxylic acids is 1. The number of anilines is 1. The summed E-state index contributed by atoms with van der Waals surface area (Å²) in [5.74, 6) is -0.663. The summed E-state index contributed by atoms with van der Waals surface area (Å²) in [6, 6.07) is 9.14. The Labute approximate surface area is 121 Å². The third kappa shape index (κ3) is 12.9. The number of hydrogen-bond acceptors (Lipinski definition) is 3. The van der Waals surface area contributed by atoms with Gasteiger partial charge >= 0.3 is 5.97 Å². The van der Waals surface area contributed by atoms with Crippen LogP contribution in [0.1, 0.15) is 58.3 Å². The number of carboxylic acid groups (broad SMARTS) is 1. The number of benzene rings is 1. The maximum Gasteiger partial charge on any atom is 0.303 e. The minimum Gasteiger partial charge on any atom is -0.481 e. The van der Waals surface area contributed by atoms with Crippen molar-refractivity contribution in [3.05, 3.63) is 30.3 Å². The van der Waals surface area contributed by atoms with E-state index in [1.165, 1.54) is 32.1 Å². The molecule has 0 spiro atoms. The monoisotopic (exact) mass is 281 g/mol. The van der Waals surface area contributed by atoms with E-state index >= 15 is 0 Å². The van der Waals surface area contributed by atoms with E-state index in [1.54, 1.807) is 12.1 Å². The lowest BCUT2D eigenvalue weighted by Gasteiger charge is -1.98. The van der Waals surface area contributed by atoms with Crippen molar-refractivity contribution in [2.24, 2.45) is 0 Å². The van der Waals surface area contributed by atoms with Crippen LogP contribution < -0.4 is 5.48 Å². The summed E-state index contributed by atoms with van der Waals surface area (Å²) < 4.78 is 0. The van der Waals surface area contributed by atoms with Gasteiger partial charge in [-0.2, -0.15) is 0 Å². The molecule has 0 aromatic heterocycles. The van der Waals surface area contributed by atoms with E-state index in [9.17, 15) is 4.79 Å². The summed E-state index contributed by atoms with van der Waals surface area (Å²) >= 11 is 0. The van der Waals surface area contributed by atoms with E-state index in [0.29, 0.717) is 12.1 Å². The van der Waals surface area contributed by atoms with Crippen LogP contribution in [-0.2, 0) is 4.79 Å². The van der Waals surface area contributed by atoms with Gasteiger partial charge < -0.3 is 5.11 Å². The average molecular weight is 281 g/mol. The van der Waals surface area contributed by atoms with Crippen molar-refractivity contribution in [1.29, 1.82) is 0 Å². The van der Waals surface area contributed by atoms with E-state index < -0.39 is 5.97 Å².